The summed E-state index contributed by atoms with van der Waals surface area (Å²) in [4.78, 5) is 29.5. The van der Waals surface area contributed by atoms with Gasteiger partial charge in [0.2, 0.25) is 0 Å². The van der Waals surface area contributed by atoms with Gasteiger partial charge in [0.1, 0.15) is 5.69 Å². The number of carbonyl (C=O) groups excluding carboxylic acids is 2. The molecule has 1 saturated heterocycles. The van der Waals surface area contributed by atoms with Crippen molar-refractivity contribution in [1.29, 1.82) is 0 Å². The van der Waals surface area contributed by atoms with Gasteiger partial charge in [-0.2, -0.15) is 5.10 Å². The van der Waals surface area contributed by atoms with Crippen molar-refractivity contribution in [3.05, 3.63) is 46.0 Å². The Bertz CT molecular complexity index is 1000. The molecule has 0 radical (unpaired) electrons. The van der Waals surface area contributed by atoms with Crippen molar-refractivity contribution in [1.82, 2.24) is 20.1 Å². The molecule has 1 amide bonds. The third kappa shape index (κ3) is 5.27. The lowest BCUT2D eigenvalue weighted by atomic mass is 9.75. The predicted molar refractivity (Wildman–Crippen MR) is 123 cm³/mol. The summed E-state index contributed by atoms with van der Waals surface area (Å²) in [5, 5.41) is 7.93. The number of nitrogens with zero attached hydrogens (tertiary/aromatic N) is 3. The summed E-state index contributed by atoms with van der Waals surface area (Å²) in [6.45, 7) is 8.94. The Balaban J connectivity index is 1.38. The summed E-state index contributed by atoms with van der Waals surface area (Å²) < 4.78 is 12.9. The third-order valence-corrected chi connectivity index (χ3v) is 6.74. The number of fused-ring (bicyclic) bond motifs is 1. The van der Waals surface area contributed by atoms with Crippen molar-refractivity contribution >= 4 is 11.9 Å². The van der Waals surface area contributed by atoms with Crippen molar-refractivity contribution in [2.75, 3.05) is 26.4 Å². The first-order chi connectivity index (χ1) is 15.9. The van der Waals surface area contributed by atoms with Crippen molar-refractivity contribution < 1.29 is 19.1 Å². The second-order valence-electron chi connectivity index (χ2n) is 9.29. The molecule has 2 aliphatic heterocycles. The molecule has 4 rings (SSSR count). The van der Waals surface area contributed by atoms with Crippen LogP contribution in [0.15, 0.2) is 12.1 Å². The quantitative estimate of drug-likeness (QED) is 0.510. The van der Waals surface area contributed by atoms with Gasteiger partial charge in [-0.1, -0.05) is 0 Å². The number of carbonyl (C=O) groups is 2. The zero-order valence-corrected chi connectivity index (χ0v) is 19.9. The van der Waals surface area contributed by atoms with E-state index >= 15 is 0 Å². The van der Waals surface area contributed by atoms with Crippen LogP contribution in [0.2, 0.25) is 0 Å². The first kappa shape index (κ1) is 23.4. The van der Waals surface area contributed by atoms with Crippen LogP contribution >= 0.6 is 0 Å². The fraction of sp³-hybridized carbons (Fsp3) is 0.600. The number of unbranched alkanes of at least 4 members (excludes halogenated alkanes) is 1. The molecule has 33 heavy (non-hydrogen) atoms. The third-order valence-electron chi connectivity index (χ3n) is 6.74. The second-order valence-corrected chi connectivity index (χ2v) is 9.29. The SMILES string of the molecule is CCn1nc(CCCCOC(=O)c2cc(C)nc(C)c2)c2c1C(=O)NCC1(CCOCC1)C2. The summed E-state index contributed by atoms with van der Waals surface area (Å²) >= 11 is 0. The molecule has 0 aliphatic carbocycles. The van der Waals surface area contributed by atoms with E-state index in [0.717, 1.165) is 74.4 Å². The van der Waals surface area contributed by atoms with Crippen molar-refractivity contribution in [3.63, 3.8) is 0 Å². The molecule has 0 unspecified atom stereocenters. The number of nitrogens with one attached hydrogen (secondary N) is 1. The lowest BCUT2D eigenvalue weighted by Crippen LogP contribution is -2.40. The van der Waals surface area contributed by atoms with Crippen LogP contribution in [0.4, 0.5) is 0 Å². The van der Waals surface area contributed by atoms with Crippen molar-refractivity contribution in [2.24, 2.45) is 5.41 Å². The zero-order valence-electron chi connectivity index (χ0n) is 19.9. The fourth-order valence-corrected chi connectivity index (χ4v) is 4.96. The Morgan fingerprint density at radius 1 is 1.21 bits per heavy atom. The Hall–Kier alpha value is -2.74. The molecule has 1 fully saturated rings. The molecule has 0 aromatic carbocycles. The molecule has 2 aromatic rings. The molecule has 178 valence electrons. The van der Waals surface area contributed by atoms with E-state index in [1.165, 1.54) is 0 Å². The molecule has 2 aliphatic rings. The van der Waals surface area contributed by atoms with Gasteiger partial charge in [-0.25, -0.2) is 4.79 Å². The molecule has 0 atom stereocenters. The molecular weight excluding hydrogens is 420 g/mol. The number of pyridine rings is 1. The number of aryl methyl sites for hydroxylation is 4. The van der Waals surface area contributed by atoms with Gasteiger partial charge in [-0.15, -0.1) is 0 Å². The minimum Gasteiger partial charge on any atom is -0.462 e. The first-order valence-corrected chi connectivity index (χ1v) is 12.0. The average Bonchev–Trinajstić information content (AvgIpc) is 3.07. The largest absolute Gasteiger partial charge is 0.462 e. The topological polar surface area (TPSA) is 95.3 Å². The molecule has 1 N–H and O–H groups in total. The summed E-state index contributed by atoms with van der Waals surface area (Å²) in [6, 6.07) is 3.50. The number of ether oxygens (including phenoxy) is 2. The first-order valence-electron chi connectivity index (χ1n) is 12.0. The van der Waals surface area contributed by atoms with Crippen LogP contribution in [0.5, 0.6) is 0 Å². The minimum absolute atomic E-state index is 0.0224. The molecule has 8 nitrogen and oxygen atoms in total. The van der Waals surface area contributed by atoms with Crippen LogP contribution in [0, 0.1) is 19.3 Å². The Morgan fingerprint density at radius 3 is 2.64 bits per heavy atom. The highest BCUT2D eigenvalue weighted by Gasteiger charge is 2.39. The van der Waals surface area contributed by atoms with Crippen molar-refractivity contribution in [3.8, 4) is 0 Å². The number of rotatable bonds is 7. The predicted octanol–water partition coefficient (Wildman–Crippen LogP) is 3.18. The zero-order chi connectivity index (χ0) is 23.4. The van der Waals surface area contributed by atoms with Gasteiger partial charge in [0.25, 0.3) is 5.91 Å². The minimum atomic E-state index is -0.314. The summed E-state index contributed by atoms with van der Waals surface area (Å²) in [5.41, 5.74) is 5.01. The number of hydrogen-bond donors (Lipinski definition) is 1. The summed E-state index contributed by atoms with van der Waals surface area (Å²) in [6.07, 6.45) is 5.11. The number of hydrogen-bond acceptors (Lipinski definition) is 6. The molecule has 0 saturated carbocycles. The maximum Gasteiger partial charge on any atom is 0.338 e. The van der Waals surface area contributed by atoms with E-state index in [1.807, 2.05) is 25.5 Å². The van der Waals surface area contributed by atoms with Crippen LogP contribution in [-0.4, -0.2) is 53.0 Å². The Labute approximate surface area is 195 Å². The lowest BCUT2D eigenvalue weighted by Gasteiger charge is -2.36. The highest BCUT2D eigenvalue weighted by Crippen LogP contribution is 2.37. The maximum atomic E-state index is 12.9. The lowest BCUT2D eigenvalue weighted by molar-refractivity contribution is 0.0160. The van der Waals surface area contributed by atoms with Crippen LogP contribution in [-0.2, 0) is 28.9 Å². The number of aromatic nitrogens is 3. The van der Waals surface area contributed by atoms with Gasteiger partial charge >= 0.3 is 5.97 Å². The highest BCUT2D eigenvalue weighted by atomic mass is 16.5. The molecular formula is C25H34N4O4. The van der Waals surface area contributed by atoms with E-state index in [1.54, 1.807) is 12.1 Å². The number of esters is 1. The molecule has 2 aromatic heterocycles. The van der Waals surface area contributed by atoms with E-state index in [0.29, 0.717) is 31.0 Å². The molecule has 1 spiro atoms. The van der Waals surface area contributed by atoms with Gasteiger partial charge in [0, 0.05) is 43.3 Å². The average molecular weight is 455 g/mol. The van der Waals surface area contributed by atoms with Crippen LogP contribution < -0.4 is 5.32 Å². The smallest absolute Gasteiger partial charge is 0.338 e. The van der Waals surface area contributed by atoms with Gasteiger partial charge in [0.05, 0.1) is 17.9 Å². The van der Waals surface area contributed by atoms with E-state index in [4.69, 9.17) is 14.6 Å². The maximum absolute atomic E-state index is 12.9. The van der Waals surface area contributed by atoms with Crippen LogP contribution in [0.1, 0.15) is 76.1 Å². The molecule has 8 heteroatoms. The van der Waals surface area contributed by atoms with Crippen LogP contribution in [0.25, 0.3) is 0 Å². The fourth-order valence-electron chi connectivity index (χ4n) is 4.96. The summed E-state index contributed by atoms with van der Waals surface area (Å²) in [7, 11) is 0. The van der Waals surface area contributed by atoms with E-state index < -0.39 is 0 Å². The summed E-state index contributed by atoms with van der Waals surface area (Å²) in [5.74, 6) is -0.336. The molecule has 0 bridgehead atoms. The Kier molecular flexibility index (Phi) is 7.12. The standard InChI is InChI=1S/C25H34N4O4/c1-4-29-22-20(15-25(16-26-23(22)30)8-11-32-12-9-25)21(28-29)7-5-6-10-33-24(31)19-13-17(2)27-18(3)14-19/h13-14H,4-12,15-16H2,1-3H3,(H,26,30). The van der Waals surface area contributed by atoms with Gasteiger partial charge < -0.3 is 14.8 Å². The highest BCUT2D eigenvalue weighted by molar-refractivity contribution is 5.94. The van der Waals surface area contributed by atoms with Gasteiger partial charge in [-0.05, 0) is 76.8 Å². The monoisotopic (exact) mass is 454 g/mol. The van der Waals surface area contributed by atoms with Gasteiger partial charge in [0.15, 0.2) is 0 Å². The van der Waals surface area contributed by atoms with E-state index in [9.17, 15) is 9.59 Å². The Morgan fingerprint density at radius 2 is 1.94 bits per heavy atom. The number of amides is 1. The molecule has 4 heterocycles. The second kappa shape index (κ2) is 10.0. The normalized spacial score (nSPS) is 17.4. The van der Waals surface area contributed by atoms with Gasteiger partial charge in [-0.3, -0.25) is 14.5 Å². The van der Waals surface area contributed by atoms with Crippen molar-refractivity contribution in [2.45, 2.75) is 65.8 Å². The van der Waals surface area contributed by atoms with E-state index in [2.05, 4.69) is 10.3 Å². The van der Waals surface area contributed by atoms with E-state index in [-0.39, 0.29) is 17.3 Å². The van der Waals surface area contributed by atoms with Crippen LogP contribution in [0.3, 0.4) is 0 Å².